The van der Waals surface area contributed by atoms with Crippen molar-refractivity contribution in [1.29, 1.82) is 0 Å². The van der Waals surface area contributed by atoms with Crippen LogP contribution in [0, 0.1) is 5.92 Å². The third-order valence-corrected chi connectivity index (χ3v) is 7.71. The lowest BCUT2D eigenvalue weighted by molar-refractivity contribution is -0.161. The molecule has 1 unspecified atom stereocenters. The van der Waals surface area contributed by atoms with Crippen LogP contribution in [-0.4, -0.2) is 36.4 Å². The highest BCUT2D eigenvalue weighted by atomic mass is 16.6. The Morgan fingerprint density at radius 1 is 0.565 bits per heavy atom. The highest BCUT2D eigenvalue weighted by Gasteiger charge is 2.15. The minimum absolute atomic E-state index is 0.0949. The molecule has 0 spiro atoms. The van der Waals surface area contributed by atoms with Gasteiger partial charge in [-0.05, 0) is 83.0 Å². The van der Waals surface area contributed by atoms with Crippen molar-refractivity contribution in [3.8, 4) is 0 Å². The minimum Gasteiger partial charge on any atom is -0.462 e. The van der Waals surface area contributed by atoms with Crippen molar-refractivity contribution in [2.45, 2.75) is 168 Å². The van der Waals surface area contributed by atoms with Gasteiger partial charge in [0.15, 0.2) is 6.10 Å². The number of carbonyl (C=O) groups is 2. The van der Waals surface area contributed by atoms with E-state index in [1.54, 1.807) is 0 Å². The van der Waals surface area contributed by atoms with Crippen molar-refractivity contribution in [3.05, 3.63) is 60.8 Å². The molecule has 0 fully saturated rings. The summed E-state index contributed by atoms with van der Waals surface area (Å²) in [5.74, 6) is 0.146. The standard InChI is InChI=1S/C41H70O5/c1-4-5-6-7-8-9-10-11-12-13-14-15-20-23-26-29-32-35-41(44)46-39(36-42)37-45-40(43)34-31-28-25-22-19-17-16-18-21-24-27-30-33-38(2)3/h8-9,11-12,14-16,18,23,26,38-39,42H,4-7,10,13,17,19-22,24-25,27-37H2,1-3H3/b9-8-,12-11-,15-14-,18-16-,26-23-. The number of unbranched alkanes of at least 4 members (excludes halogenated alkanes) is 12. The Bertz CT molecular complexity index is 836. The molecule has 0 saturated heterocycles. The second-order valence-electron chi connectivity index (χ2n) is 12.8. The quantitative estimate of drug-likeness (QED) is 0.0449. The Morgan fingerprint density at radius 3 is 1.59 bits per heavy atom. The molecular weight excluding hydrogens is 572 g/mol. The van der Waals surface area contributed by atoms with Crippen LogP contribution in [0.2, 0.25) is 0 Å². The highest BCUT2D eigenvalue weighted by molar-refractivity contribution is 5.70. The summed E-state index contributed by atoms with van der Waals surface area (Å²) in [5.41, 5.74) is 0. The number of carbonyl (C=O) groups excluding carboxylic acids is 2. The van der Waals surface area contributed by atoms with Crippen LogP contribution in [0.25, 0.3) is 0 Å². The largest absolute Gasteiger partial charge is 0.462 e. The van der Waals surface area contributed by atoms with Crippen molar-refractivity contribution in [1.82, 2.24) is 0 Å². The van der Waals surface area contributed by atoms with Crippen molar-refractivity contribution in [2.24, 2.45) is 5.92 Å². The van der Waals surface area contributed by atoms with E-state index in [4.69, 9.17) is 9.47 Å². The van der Waals surface area contributed by atoms with Crippen molar-refractivity contribution < 1.29 is 24.2 Å². The summed E-state index contributed by atoms with van der Waals surface area (Å²) in [5, 5.41) is 9.53. The molecule has 0 bridgehead atoms. The SMILES string of the molecule is CCCCC/C=C\C/C=C\C/C=C\C/C=C\CCCC(=O)OC(CO)COC(=O)CCCCCCC/C=C\CCCCCC(C)C. The Balaban J connectivity index is 3.71. The third kappa shape index (κ3) is 34.5. The molecule has 0 aliphatic carbocycles. The minimum atomic E-state index is -0.805. The lowest BCUT2D eigenvalue weighted by atomic mass is 10.0. The first-order valence-corrected chi connectivity index (χ1v) is 18.7. The second kappa shape index (κ2) is 35.5. The lowest BCUT2D eigenvalue weighted by Gasteiger charge is -2.15. The van der Waals surface area contributed by atoms with Crippen molar-refractivity contribution in [3.63, 3.8) is 0 Å². The molecule has 5 nitrogen and oxygen atoms in total. The fourth-order valence-electron chi connectivity index (χ4n) is 4.84. The van der Waals surface area contributed by atoms with Crippen LogP contribution in [0.4, 0.5) is 0 Å². The number of esters is 2. The Kier molecular flexibility index (Phi) is 33.6. The van der Waals surface area contributed by atoms with E-state index in [0.717, 1.165) is 57.3 Å². The predicted octanol–water partition coefficient (Wildman–Crippen LogP) is 11.5. The van der Waals surface area contributed by atoms with Gasteiger partial charge in [-0.2, -0.15) is 0 Å². The van der Waals surface area contributed by atoms with Gasteiger partial charge in [-0.15, -0.1) is 0 Å². The number of hydrogen-bond acceptors (Lipinski definition) is 5. The van der Waals surface area contributed by atoms with E-state index < -0.39 is 6.10 Å². The first-order chi connectivity index (χ1) is 22.5. The molecule has 1 atom stereocenters. The number of rotatable bonds is 32. The molecular formula is C41H70O5. The number of aliphatic hydroxyl groups is 1. The van der Waals surface area contributed by atoms with Gasteiger partial charge in [0.05, 0.1) is 6.61 Å². The monoisotopic (exact) mass is 643 g/mol. The van der Waals surface area contributed by atoms with Gasteiger partial charge in [-0.25, -0.2) is 0 Å². The number of ether oxygens (including phenoxy) is 2. The number of hydrogen-bond donors (Lipinski definition) is 1. The van der Waals surface area contributed by atoms with Crippen LogP contribution in [0.1, 0.15) is 162 Å². The van der Waals surface area contributed by atoms with Gasteiger partial charge in [0.1, 0.15) is 6.61 Å². The summed E-state index contributed by atoms with van der Waals surface area (Å²) in [6.07, 6.45) is 44.3. The zero-order chi connectivity index (χ0) is 33.8. The van der Waals surface area contributed by atoms with E-state index in [9.17, 15) is 14.7 Å². The maximum atomic E-state index is 12.1. The van der Waals surface area contributed by atoms with Gasteiger partial charge in [0.25, 0.3) is 0 Å². The second-order valence-corrected chi connectivity index (χ2v) is 12.8. The van der Waals surface area contributed by atoms with E-state index in [0.29, 0.717) is 12.8 Å². The van der Waals surface area contributed by atoms with E-state index in [1.807, 2.05) is 0 Å². The first kappa shape index (κ1) is 43.6. The summed E-state index contributed by atoms with van der Waals surface area (Å²) < 4.78 is 10.5. The van der Waals surface area contributed by atoms with Crippen LogP contribution in [0.3, 0.4) is 0 Å². The molecule has 0 amide bonds. The molecule has 264 valence electrons. The van der Waals surface area contributed by atoms with Crippen LogP contribution in [-0.2, 0) is 19.1 Å². The van der Waals surface area contributed by atoms with Crippen LogP contribution in [0.15, 0.2) is 60.8 Å². The van der Waals surface area contributed by atoms with Crippen LogP contribution >= 0.6 is 0 Å². The van der Waals surface area contributed by atoms with E-state index in [-0.39, 0.29) is 31.6 Å². The predicted molar refractivity (Wildman–Crippen MR) is 196 cm³/mol. The Hall–Kier alpha value is -2.40. The summed E-state index contributed by atoms with van der Waals surface area (Å²) in [7, 11) is 0. The van der Waals surface area contributed by atoms with E-state index in [2.05, 4.69) is 81.5 Å². The smallest absolute Gasteiger partial charge is 0.306 e. The fourth-order valence-corrected chi connectivity index (χ4v) is 4.84. The van der Waals surface area contributed by atoms with Gasteiger partial charge < -0.3 is 14.6 Å². The number of aliphatic hydroxyl groups excluding tert-OH is 1. The first-order valence-electron chi connectivity index (χ1n) is 18.7. The summed E-state index contributed by atoms with van der Waals surface area (Å²) in [6, 6.07) is 0. The Morgan fingerprint density at radius 2 is 1.02 bits per heavy atom. The maximum Gasteiger partial charge on any atom is 0.306 e. The third-order valence-electron chi connectivity index (χ3n) is 7.71. The highest BCUT2D eigenvalue weighted by Crippen LogP contribution is 2.12. The lowest BCUT2D eigenvalue weighted by Crippen LogP contribution is -2.28. The zero-order valence-electron chi connectivity index (χ0n) is 30.0. The molecule has 0 aromatic rings. The average molecular weight is 643 g/mol. The molecule has 0 aliphatic heterocycles. The average Bonchev–Trinajstić information content (AvgIpc) is 3.04. The zero-order valence-corrected chi connectivity index (χ0v) is 30.0. The van der Waals surface area contributed by atoms with Crippen LogP contribution < -0.4 is 0 Å². The van der Waals surface area contributed by atoms with Gasteiger partial charge in [0, 0.05) is 12.8 Å². The van der Waals surface area contributed by atoms with Gasteiger partial charge in [-0.3, -0.25) is 9.59 Å². The summed E-state index contributed by atoms with van der Waals surface area (Å²) >= 11 is 0. The number of allylic oxidation sites excluding steroid dienone is 10. The van der Waals surface area contributed by atoms with E-state index in [1.165, 1.54) is 70.6 Å². The van der Waals surface area contributed by atoms with Crippen molar-refractivity contribution in [2.75, 3.05) is 13.2 Å². The fraction of sp³-hybridized carbons (Fsp3) is 0.707. The molecule has 0 aromatic heterocycles. The van der Waals surface area contributed by atoms with Gasteiger partial charge >= 0.3 is 11.9 Å². The molecule has 0 radical (unpaired) electrons. The van der Waals surface area contributed by atoms with E-state index >= 15 is 0 Å². The molecule has 46 heavy (non-hydrogen) atoms. The molecule has 0 aromatic carbocycles. The van der Waals surface area contributed by atoms with Crippen LogP contribution in [0.5, 0.6) is 0 Å². The summed E-state index contributed by atoms with van der Waals surface area (Å²) in [4.78, 5) is 24.2. The van der Waals surface area contributed by atoms with Crippen molar-refractivity contribution >= 4 is 11.9 Å². The Labute approximate surface area is 283 Å². The normalized spacial score (nSPS) is 13.0. The molecule has 1 N–H and O–H groups in total. The molecule has 0 rings (SSSR count). The molecule has 5 heteroatoms. The topological polar surface area (TPSA) is 72.8 Å². The molecule has 0 aliphatic rings. The molecule has 0 heterocycles. The van der Waals surface area contributed by atoms with Gasteiger partial charge in [-0.1, -0.05) is 133 Å². The summed E-state index contributed by atoms with van der Waals surface area (Å²) in [6.45, 7) is 6.36. The maximum absolute atomic E-state index is 12.1. The van der Waals surface area contributed by atoms with Gasteiger partial charge in [0.2, 0.25) is 0 Å². The molecule has 0 saturated carbocycles.